The lowest BCUT2D eigenvalue weighted by molar-refractivity contribution is -0.385. The fraction of sp³-hybridized carbons (Fsp3) is 0.250. The van der Waals surface area contributed by atoms with Crippen LogP contribution in [0.15, 0.2) is 18.2 Å². The molecule has 0 bridgehead atoms. The first-order chi connectivity index (χ1) is 6.50. The smallest absolute Gasteiger partial charge is 0.310 e. The van der Waals surface area contributed by atoms with Crippen molar-refractivity contribution in [1.82, 2.24) is 0 Å². The molecule has 0 aliphatic carbocycles. The highest BCUT2D eigenvalue weighted by Gasteiger charge is 2.16. The summed E-state index contributed by atoms with van der Waals surface area (Å²) in [5.74, 6) is 0.370. The van der Waals surface area contributed by atoms with E-state index in [1.807, 2.05) is 35.7 Å². The number of hydrogen-bond donors (Lipinski definition) is 0. The Bertz CT molecular complexity index is 356. The van der Waals surface area contributed by atoms with Crippen molar-refractivity contribution in [2.24, 2.45) is 0 Å². The van der Waals surface area contributed by atoms with Crippen LogP contribution >= 0.6 is 22.6 Å². The molecule has 0 N–H and O–H groups in total. The lowest BCUT2D eigenvalue weighted by Crippen LogP contribution is -2.12. The molecule has 0 atom stereocenters. The van der Waals surface area contributed by atoms with Gasteiger partial charge in [0.1, 0.15) is 0 Å². The van der Waals surface area contributed by atoms with Gasteiger partial charge in [0.25, 0.3) is 9.04 Å². The molecule has 0 heterocycles. The van der Waals surface area contributed by atoms with Crippen molar-refractivity contribution in [3.8, 4) is 5.75 Å². The van der Waals surface area contributed by atoms with E-state index in [1.165, 1.54) is 6.07 Å². The second-order valence-electron chi connectivity index (χ2n) is 2.88. The number of hydrogen-bond acceptors (Lipinski definition) is 3. The lowest BCUT2D eigenvalue weighted by atomic mass is 10.3. The number of nitro groups is 1. The Morgan fingerprint density at radius 1 is 1.50 bits per heavy atom. The zero-order valence-corrected chi connectivity index (χ0v) is 10.9. The van der Waals surface area contributed by atoms with Crippen LogP contribution in [0.3, 0.4) is 0 Å². The molecular formula is C8H9INO3Si. The molecule has 0 aliphatic rings. The molecule has 0 saturated carbocycles. The van der Waals surface area contributed by atoms with E-state index >= 15 is 0 Å². The maximum atomic E-state index is 10.7. The monoisotopic (exact) mass is 322 g/mol. The first kappa shape index (κ1) is 11.4. The summed E-state index contributed by atoms with van der Waals surface area (Å²) < 4.78 is 6.25. The third-order valence-corrected chi connectivity index (χ3v) is 2.73. The van der Waals surface area contributed by atoms with Crippen LogP contribution in [-0.2, 0) is 0 Å². The molecule has 0 aliphatic heterocycles. The Hall–Kier alpha value is -0.633. The third kappa shape index (κ3) is 2.95. The van der Waals surface area contributed by atoms with Gasteiger partial charge in [-0.1, -0.05) is 0 Å². The topological polar surface area (TPSA) is 52.4 Å². The number of nitrogens with zero attached hydrogens (tertiary/aromatic N) is 1. The van der Waals surface area contributed by atoms with E-state index in [2.05, 4.69) is 0 Å². The predicted octanol–water partition coefficient (Wildman–Crippen LogP) is 2.83. The van der Waals surface area contributed by atoms with Crippen molar-refractivity contribution in [2.75, 3.05) is 0 Å². The first-order valence-corrected chi connectivity index (χ1v) is 7.41. The van der Waals surface area contributed by atoms with Gasteiger partial charge in [0.05, 0.1) is 4.92 Å². The highest BCUT2D eigenvalue weighted by Crippen LogP contribution is 2.28. The minimum Gasteiger partial charge on any atom is -0.538 e. The van der Waals surface area contributed by atoms with Crippen LogP contribution in [0.4, 0.5) is 5.69 Å². The van der Waals surface area contributed by atoms with Gasteiger partial charge >= 0.3 is 5.69 Å². The fourth-order valence-electron chi connectivity index (χ4n) is 0.939. The summed E-state index contributed by atoms with van der Waals surface area (Å²) in [4.78, 5) is 10.3. The zero-order chi connectivity index (χ0) is 10.7. The largest absolute Gasteiger partial charge is 0.538 e. The highest BCUT2D eigenvalue weighted by molar-refractivity contribution is 14.1. The molecule has 0 fully saturated rings. The SMILES string of the molecule is C[Si](C)Oc1ccc(I)cc1[N+](=O)[O-]. The molecule has 14 heavy (non-hydrogen) atoms. The van der Waals surface area contributed by atoms with E-state index in [4.69, 9.17) is 4.43 Å². The molecule has 1 radical (unpaired) electrons. The van der Waals surface area contributed by atoms with Crippen molar-refractivity contribution in [1.29, 1.82) is 0 Å². The van der Waals surface area contributed by atoms with E-state index in [0.717, 1.165) is 3.57 Å². The van der Waals surface area contributed by atoms with Crippen molar-refractivity contribution in [3.63, 3.8) is 0 Å². The predicted molar refractivity (Wildman–Crippen MR) is 63.9 cm³/mol. The molecule has 0 unspecified atom stereocenters. The highest BCUT2D eigenvalue weighted by atomic mass is 127. The van der Waals surface area contributed by atoms with Gasteiger partial charge in [-0.05, 0) is 47.8 Å². The third-order valence-electron chi connectivity index (χ3n) is 1.43. The van der Waals surface area contributed by atoms with E-state index in [0.29, 0.717) is 5.75 Å². The molecule has 0 aromatic heterocycles. The van der Waals surface area contributed by atoms with Crippen LogP contribution in [-0.4, -0.2) is 14.0 Å². The first-order valence-electron chi connectivity index (χ1n) is 3.92. The molecule has 75 valence electrons. The second-order valence-corrected chi connectivity index (χ2v) is 6.15. The Balaban J connectivity index is 3.08. The van der Waals surface area contributed by atoms with E-state index < -0.39 is 14.0 Å². The summed E-state index contributed by atoms with van der Waals surface area (Å²) in [6.07, 6.45) is 0. The van der Waals surface area contributed by atoms with Crippen molar-refractivity contribution < 1.29 is 9.35 Å². The van der Waals surface area contributed by atoms with Gasteiger partial charge in [-0.25, -0.2) is 0 Å². The summed E-state index contributed by atoms with van der Waals surface area (Å²) in [5, 5.41) is 10.7. The molecule has 1 aromatic rings. The van der Waals surface area contributed by atoms with Gasteiger partial charge in [-0.15, -0.1) is 0 Å². The number of nitro benzene ring substituents is 1. The van der Waals surface area contributed by atoms with E-state index in [9.17, 15) is 10.1 Å². The van der Waals surface area contributed by atoms with Gasteiger partial charge in [0.15, 0.2) is 5.75 Å². The van der Waals surface area contributed by atoms with Gasteiger partial charge in [-0.2, -0.15) is 0 Å². The molecular weight excluding hydrogens is 313 g/mol. The summed E-state index contributed by atoms with van der Waals surface area (Å²) in [5.41, 5.74) is 0.0445. The van der Waals surface area contributed by atoms with Crippen molar-refractivity contribution >= 4 is 37.3 Å². The van der Waals surface area contributed by atoms with Crippen LogP contribution in [0.1, 0.15) is 0 Å². The van der Waals surface area contributed by atoms with Crippen molar-refractivity contribution in [2.45, 2.75) is 13.1 Å². The van der Waals surface area contributed by atoms with Crippen LogP contribution in [0.2, 0.25) is 13.1 Å². The van der Waals surface area contributed by atoms with Gasteiger partial charge in [0, 0.05) is 9.64 Å². The Morgan fingerprint density at radius 3 is 2.64 bits per heavy atom. The Morgan fingerprint density at radius 2 is 2.14 bits per heavy atom. The molecule has 1 rings (SSSR count). The summed E-state index contributed by atoms with van der Waals surface area (Å²) in [7, 11) is -0.962. The van der Waals surface area contributed by atoms with E-state index in [-0.39, 0.29) is 5.69 Å². The maximum Gasteiger partial charge on any atom is 0.310 e. The van der Waals surface area contributed by atoms with Crippen LogP contribution < -0.4 is 4.43 Å². The van der Waals surface area contributed by atoms with E-state index in [1.54, 1.807) is 12.1 Å². The standard InChI is InChI=1S/C8H9INO3Si/c1-14(2)13-8-4-3-6(9)5-7(8)10(11)12/h3-5H,1-2H3. The minimum atomic E-state index is -0.962. The maximum absolute atomic E-state index is 10.7. The molecule has 0 amide bonds. The lowest BCUT2D eigenvalue weighted by Gasteiger charge is -2.08. The summed E-state index contributed by atoms with van der Waals surface area (Å²) >= 11 is 2.04. The quantitative estimate of drug-likeness (QED) is 0.372. The fourth-order valence-corrected chi connectivity index (χ4v) is 2.03. The molecule has 4 nitrogen and oxygen atoms in total. The minimum absolute atomic E-state index is 0.0445. The molecule has 6 heteroatoms. The average molecular weight is 322 g/mol. The summed E-state index contributed by atoms with van der Waals surface area (Å²) in [6.45, 7) is 3.87. The number of rotatable bonds is 3. The molecule has 1 aromatic carbocycles. The molecule has 0 spiro atoms. The number of benzene rings is 1. The van der Waals surface area contributed by atoms with Gasteiger partial charge < -0.3 is 4.43 Å². The molecule has 0 saturated heterocycles. The zero-order valence-electron chi connectivity index (χ0n) is 7.78. The Labute approximate surface area is 97.3 Å². The van der Waals surface area contributed by atoms with Gasteiger partial charge in [0.2, 0.25) is 0 Å². The van der Waals surface area contributed by atoms with Crippen LogP contribution in [0.25, 0.3) is 0 Å². The van der Waals surface area contributed by atoms with Crippen LogP contribution in [0, 0.1) is 13.7 Å². The normalized spacial score (nSPS) is 10.3. The van der Waals surface area contributed by atoms with Crippen LogP contribution in [0.5, 0.6) is 5.75 Å². The number of halogens is 1. The Kier molecular flexibility index (Phi) is 3.87. The average Bonchev–Trinajstić information content (AvgIpc) is 2.07. The second kappa shape index (κ2) is 4.74. The van der Waals surface area contributed by atoms with Crippen molar-refractivity contribution in [3.05, 3.63) is 31.9 Å². The summed E-state index contributed by atoms with van der Waals surface area (Å²) in [6, 6.07) is 4.96. The van der Waals surface area contributed by atoms with Gasteiger partial charge in [-0.3, -0.25) is 10.1 Å².